The molecule has 1 N–H and O–H groups in total. The lowest BCUT2D eigenvalue weighted by Gasteiger charge is -2.39. The highest BCUT2D eigenvalue weighted by Gasteiger charge is 2.40. The van der Waals surface area contributed by atoms with Crippen LogP contribution in [0.15, 0.2) is 54.6 Å². The second-order valence-electron chi connectivity index (χ2n) is 11.9. The molecule has 2 atom stereocenters. The minimum atomic E-state index is -0.662. The number of hydrogen-bond donors (Lipinski definition) is 1. The first-order chi connectivity index (χ1) is 21.4. The maximum absolute atomic E-state index is 14.6. The van der Waals surface area contributed by atoms with E-state index >= 15 is 0 Å². The number of piperazine rings is 1. The first kappa shape index (κ1) is 28.0. The average molecular weight is 594 g/mol. The normalized spacial score (nSPS) is 21.6. The average Bonchev–Trinajstić information content (AvgIpc) is 3.61. The van der Waals surface area contributed by atoms with Crippen LogP contribution >= 0.6 is 0 Å². The van der Waals surface area contributed by atoms with E-state index in [2.05, 4.69) is 33.3 Å². The molecule has 1 aliphatic carbocycles. The number of imide groups is 1. The van der Waals surface area contributed by atoms with Gasteiger partial charge in [0.05, 0.1) is 23.9 Å². The summed E-state index contributed by atoms with van der Waals surface area (Å²) < 4.78 is 20.8. The van der Waals surface area contributed by atoms with E-state index in [0.717, 1.165) is 50.1 Å². The number of nitrogens with one attached hydrogen (secondary N) is 1. The third kappa shape index (κ3) is 5.07. The molecule has 0 spiro atoms. The lowest BCUT2D eigenvalue weighted by molar-refractivity contribution is -0.136. The Morgan fingerprint density at radius 1 is 0.955 bits per heavy atom. The van der Waals surface area contributed by atoms with Crippen LogP contribution in [0.25, 0.3) is 0 Å². The summed E-state index contributed by atoms with van der Waals surface area (Å²) in [5.41, 5.74) is 5.88. The molecule has 0 saturated carbocycles. The Kier molecular flexibility index (Phi) is 7.26. The fourth-order valence-corrected chi connectivity index (χ4v) is 7.08. The van der Waals surface area contributed by atoms with Crippen molar-refractivity contribution in [3.05, 3.63) is 93.8 Å². The molecular weight excluding hydrogens is 561 g/mol. The summed E-state index contributed by atoms with van der Waals surface area (Å²) in [5, 5.41) is 11.4. The van der Waals surface area contributed by atoms with E-state index in [4.69, 9.17) is 10.00 Å². The second kappa shape index (κ2) is 11.4. The minimum absolute atomic E-state index is 0.216. The topological polar surface area (TPSA) is 106 Å². The summed E-state index contributed by atoms with van der Waals surface area (Å²) in [5.74, 6) is -0.674. The zero-order valence-corrected chi connectivity index (χ0v) is 24.2. The summed E-state index contributed by atoms with van der Waals surface area (Å²) in [6, 6.07) is 18.2. The quantitative estimate of drug-likeness (QED) is 0.433. The number of ether oxygens (including phenoxy) is 1. The zero-order valence-electron chi connectivity index (χ0n) is 24.2. The summed E-state index contributed by atoms with van der Waals surface area (Å²) in [6.07, 6.45) is 2.56. The number of anilines is 1. The van der Waals surface area contributed by atoms with Gasteiger partial charge in [-0.05, 0) is 66.3 Å². The predicted molar refractivity (Wildman–Crippen MR) is 159 cm³/mol. The van der Waals surface area contributed by atoms with E-state index in [9.17, 15) is 18.8 Å². The van der Waals surface area contributed by atoms with Crippen LogP contribution in [0.1, 0.15) is 63.5 Å². The molecule has 2 unspecified atom stereocenters. The predicted octanol–water partition coefficient (Wildman–Crippen LogP) is 3.85. The van der Waals surface area contributed by atoms with Gasteiger partial charge < -0.3 is 14.5 Å². The Labute approximate surface area is 254 Å². The second-order valence-corrected chi connectivity index (χ2v) is 11.9. The smallest absolute Gasteiger partial charge is 0.255 e. The Bertz CT molecular complexity index is 1710. The SMILES string of the molecule is N#Cc1ccc(N2CCN(C3CCc4cc(COc5cccc6c5CN(C5CCC(=O)NC5=O)C6=O)ccc43)CC2)c(F)c1. The minimum Gasteiger partial charge on any atom is -0.489 e. The summed E-state index contributed by atoms with van der Waals surface area (Å²) in [7, 11) is 0. The van der Waals surface area contributed by atoms with Crippen LogP contribution < -0.4 is 15.0 Å². The van der Waals surface area contributed by atoms with Gasteiger partial charge in [0.25, 0.3) is 5.91 Å². The van der Waals surface area contributed by atoms with Gasteiger partial charge in [-0.25, -0.2) is 4.39 Å². The molecule has 9 nitrogen and oxygen atoms in total. The summed E-state index contributed by atoms with van der Waals surface area (Å²) >= 11 is 0. The molecule has 3 aliphatic heterocycles. The van der Waals surface area contributed by atoms with Gasteiger partial charge in [0.2, 0.25) is 11.8 Å². The van der Waals surface area contributed by atoms with E-state index in [0.29, 0.717) is 41.6 Å². The van der Waals surface area contributed by atoms with Crippen molar-refractivity contribution in [3.8, 4) is 11.8 Å². The maximum atomic E-state index is 14.6. The van der Waals surface area contributed by atoms with Crippen LogP contribution in [0.4, 0.5) is 10.1 Å². The van der Waals surface area contributed by atoms with E-state index < -0.39 is 11.9 Å². The number of aryl methyl sites for hydroxylation is 1. The lowest BCUT2D eigenvalue weighted by Crippen LogP contribution is -2.52. The van der Waals surface area contributed by atoms with Crippen molar-refractivity contribution in [1.29, 1.82) is 5.26 Å². The highest BCUT2D eigenvalue weighted by molar-refractivity contribution is 6.05. The Hall–Kier alpha value is -4.75. The molecule has 2 saturated heterocycles. The molecule has 224 valence electrons. The third-order valence-electron chi connectivity index (χ3n) is 9.36. The largest absolute Gasteiger partial charge is 0.489 e. The van der Waals surface area contributed by atoms with Gasteiger partial charge in [0.1, 0.15) is 24.2 Å². The number of piperidine rings is 1. The highest BCUT2D eigenvalue weighted by atomic mass is 19.1. The van der Waals surface area contributed by atoms with Crippen molar-refractivity contribution >= 4 is 23.4 Å². The fourth-order valence-electron chi connectivity index (χ4n) is 7.08. The third-order valence-corrected chi connectivity index (χ3v) is 9.36. The van der Waals surface area contributed by atoms with Crippen LogP contribution in [0, 0.1) is 17.1 Å². The van der Waals surface area contributed by atoms with Crippen LogP contribution in [0.3, 0.4) is 0 Å². The van der Waals surface area contributed by atoms with E-state index in [1.54, 1.807) is 24.3 Å². The van der Waals surface area contributed by atoms with Gasteiger partial charge in [-0.2, -0.15) is 5.26 Å². The van der Waals surface area contributed by atoms with E-state index in [1.807, 2.05) is 12.1 Å². The summed E-state index contributed by atoms with van der Waals surface area (Å²) in [6.45, 7) is 3.75. The zero-order chi connectivity index (χ0) is 30.4. The highest BCUT2D eigenvalue weighted by Crippen LogP contribution is 2.38. The number of fused-ring (bicyclic) bond motifs is 2. The molecule has 3 aromatic carbocycles. The first-order valence-electron chi connectivity index (χ1n) is 15.1. The molecule has 3 aromatic rings. The standard InChI is InChI=1S/C34H32FN5O4/c35-27-17-21(18-36)5-8-29(27)39-14-12-38(13-15-39)28-9-6-23-16-22(4-7-24(23)28)20-44-31-3-1-2-25-26(31)19-40(34(25)43)30-10-11-32(41)37-33(30)42/h1-5,7-8,16-17,28,30H,6,9-15,19-20H2,(H,37,41,42). The number of carbonyl (C=O) groups is 3. The van der Waals surface area contributed by atoms with Crippen molar-refractivity contribution < 1.29 is 23.5 Å². The number of halogens is 1. The number of nitrogens with zero attached hydrogens (tertiary/aromatic N) is 4. The number of hydrogen-bond acceptors (Lipinski definition) is 7. The van der Waals surface area contributed by atoms with Crippen molar-refractivity contribution in [3.63, 3.8) is 0 Å². The molecular formula is C34H32FN5O4. The van der Waals surface area contributed by atoms with Gasteiger partial charge in [-0.15, -0.1) is 0 Å². The molecule has 0 bridgehead atoms. The van der Waals surface area contributed by atoms with Crippen LogP contribution in [0.2, 0.25) is 0 Å². The van der Waals surface area contributed by atoms with E-state index in [-0.39, 0.29) is 30.6 Å². The van der Waals surface area contributed by atoms with Gasteiger partial charge in [0, 0.05) is 49.8 Å². The number of rotatable bonds is 6. The van der Waals surface area contributed by atoms with Crippen LogP contribution in [-0.4, -0.2) is 59.7 Å². The molecule has 2 fully saturated rings. The van der Waals surface area contributed by atoms with Crippen molar-refractivity contribution in [2.75, 3.05) is 31.1 Å². The van der Waals surface area contributed by atoms with Gasteiger partial charge in [0.15, 0.2) is 0 Å². The molecule has 44 heavy (non-hydrogen) atoms. The summed E-state index contributed by atoms with van der Waals surface area (Å²) in [4.78, 5) is 43.2. The molecule has 3 amide bonds. The Morgan fingerprint density at radius 3 is 2.55 bits per heavy atom. The molecule has 7 rings (SSSR count). The van der Waals surface area contributed by atoms with Gasteiger partial charge >= 0.3 is 0 Å². The number of benzene rings is 3. The molecule has 10 heteroatoms. The fraction of sp³-hybridized carbons (Fsp3) is 0.353. The Balaban J connectivity index is 0.985. The van der Waals surface area contributed by atoms with Crippen LogP contribution in [0.5, 0.6) is 5.75 Å². The first-order valence-corrected chi connectivity index (χ1v) is 15.1. The molecule has 3 heterocycles. The lowest BCUT2D eigenvalue weighted by atomic mass is 10.0. The van der Waals surface area contributed by atoms with Crippen molar-refractivity contribution in [2.45, 2.75) is 50.9 Å². The Morgan fingerprint density at radius 2 is 1.77 bits per heavy atom. The molecule has 4 aliphatic rings. The van der Waals surface area contributed by atoms with Crippen LogP contribution in [-0.2, 0) is 29.2 Å². The number of carbonyl (C=O) groups excluding carboxylic acids is 3. The monoisotopic (exact) mass is 593 g/mol. The maximum Gasteiger partial charge on any atom is 0.255 e. The molecule has 0 radical (unpaired) electrons. The number of amides is 3. The van der Waals surface area contributed by atoms with Crippen molar-refractivity contribution in [1.82, 2.24) is 15.1 Å². The van der Waals surface area contributed by atoms with Crippen molar-refractivity contribution in [2.24, 2.45) is 0 Å². The van der Waals surface area contributed by atoms with Gasteiger partial charge in [-0.1, -0.05) is 24.3 Å². The molecule has 0 aromatic heterocycles. The van der Waals surface area contributed by atoms with E-state index in [1.165, 1.54) is 22.1 Å². The number of nitriles is 1. The van der Waals surface area contributed by atoms with Gasteiger partial charge in [-0.3, -0.25) is 24.6 Å².